The quantitative estimate of drug-likeness (QED) is 0.796. The Morgan fingerprint density at radius 2 is 1.29 bits per heavy atom. The lowest BCUT2D eigenvalue weighted by atomic mass is 9.49. The van der Waals surface area contributed by atoms with E-state index < -0.39 is 5.41 Å². The van der Waals surface area contributed by atoms with Crippen LogP contribution in [-0.2, 0) is 14.3 Å². The Kier molecular flexibility index (Phi) is 4.70. The van der Waals surface area contributed by atoms with Crippen molar-refractivity contribution in [1.29, 1.82) is 0 Å². The Bertz CT molecular complexity index is 600. The molecule has 4 saturated carbocycles. The fourth-order valence-corrected chi connectivity index (χ4v) is 7.42. The van der Waals surface area contributed by atoms with Gasteiger partial charge in [-0.1, -0.05) is 0 Å². The van der Waals surface area contributed by atoms with Crippen LogP contribution in [0.5, 0.6) is 0 Å². The van der Waals surface area contributed by atoms with Gasteiger partial charge in [-0.3, -0.25) is 9.59 Å². The lowest BCUT2D eigenvalue weighted by Crippen LogP contribution is -2.60. The normalized spacial score (nSPS) is 39.2. The minimum Gasteiger partial charge on any atom is -0.381 e. The van der Waals surface area contributed by atoms with Crippen LogP contribution in [0.15, 0.2) is 0 Å². The molecule has 4 aliphatic carbocycles. The molecule has 6 nitrogen and oxygen atoms in total. The van der Waals surface area contributed by atoms with Crippen LogP contribution < -0.4 is 5.73 Å². The summed E-state index contributed by atoms with van der Waals surface area (Å²) in [5, 5.41) is 0. The maximum Gasteiger partial charge on any atom is 0.230 e. The highest BCUT2D eigenvalue weighted by atomic mass is 16.5. The average Bonchev–Trinajstić information content (AvgIpc) is 2.72. The molecule has 156 valence electrons. The molecular formula is C22H35N3O3. The van der Waals surface area contributed by atoms with Gasteiger partial charge >= 0.3 is 0 Å². The lowest BCUT2D eigenvalue weighted by molar-refractivity contribution is -0.162. The summed E-state index contributed by atoms with van der Waals surface area (Å²) in [5.74, 6) is 2.95. The molecular weight excluding hydrogens is 354 g/mol. The summed E-state index contributed by atoms with van der Waals surface area (Å²) in [6.45, 7) is 4.30. The second kappa shape index (κ2) is 6.98. The number of carbonyl (C=O) groups excluding carboxylic acids is 2. The van der Waals surface area contributed by atoms with Gasteiger partial charge in [0.15, 0.2) is 0 Å². The molecule has 0 spiro atoms. The number of amides is 2. The van der Waals surface area contributed by atoms with Gasteiger partial charge in [0.1, 0.15) is 0 Å². The Balaban J connectivity index is 1.23. The fourth-order valence-electron chi connectivity index (χ4n) is 7.42. The molecule has 0 aromatic carbocycles. The Labute approximate surface area is 168 Å². The fraction of sp³-hybridized carbons (Fsp3) is 0.909. The minimum atomic E-state index is -0.454. The van der Waals surface area contributed by atoms with Gasteiger partial charge in [-0.25, -0.2) is 0 Å². The zero-order chi connectivity index (χ0) is 19.4. The summed E-state index contributed by atoms with van der Waals surface area (Å²) in [5.41, 5.74) is 5.50. The number of hydrogen-bond acceptors (Lipinski definition) is 4. The van der Waals surface area contributed by atoms with E-state index in [1.54, 1.807) is 0 Å². The average molecular weight is 390 g/mol. The van der Waals surface area contributed by atoms with E-state index in [1.165, 1.54) is 19.3 Å². The molecule has 0 aromatic rings. The monoisotopic (exact) mass is 389 g/mol. The van der Waals surface area contributed by atoms with Gasteiger partial charge in [-0.15, -0.1) is 0 Å². The largest absolute Gasteiger partial charge is 0.381 e. The molecule has 0 unspecified atom stereocenters. The van der Waals surface area contributed by atoms with Crippen LogP contribution in [0.3, 0.4) is 0 Å². The Morgan fingerprint density at radius 3 is 1.75 bits per heavy atom. The van der Waals surface area contributed by atoms with Crippen LogP contribution in [-0.4, -0.2) is 67.6 Å². The van der Waals surface area contributed by atoms with Crippen LogP contribution in [0.2, 0.25) is 0 Å². The van der Waals surface area contributed by atoms with Gasteiger partial charge in [0.25, 0.3) is 0 Å². The van der Waals surface area contributed by atoms with Crippen LogP contribution in [0.4, 0.5) is 0 Å². The predicted octanol–water partition coefficient (Wildman–Crippen LogP) is 1.63. The van der Waals surface area contributed by atoms with Crippen LogP contribution in [0.25, 0.3) is 0 Å². The van der Waals surface area contributed by atoms with E-state index in [0.29, 0.717) is 51.8 Å². The third-order valence-corrected chi connectivity index (χ3v) is 8.64. The molecule has 0 atom stereocenters. The number of piperazine rings is 1. The van der Waals surface area contributed by atoms with Gasteiger partial charge in [0.2, 0.25) is 11.8 Å². The number of hydrogen-bond donors (Lipinski definition) is 1. The van der Waals surface area contributed by atoms with Gasteiger partial charge < -0.3 is 20.3 Å². The molecule has 6 rings (SSSR count). The molecule has 28 heavy (non-hydrogen) atoms. The van der Waals surface area contributed by atoms with Crippen molar-refractivity contribution in [2.45, 2.75) is 51.4 Å². The van der Waals surface area contributed by atoms with Crippen molar-refractivity contribution in [1.82, 2.24) is 9.80 Å². The molecule has 0 radical (unpaired) electrons. The van der Waals surface area contributed by atoms with E-state index in [9.17, 15) is 9.59 Å². The number of rotatable bonds is 3. The molecule has 6 aliphatic rings. The minimum absolute atomic E-state index is 0.0693. The maximum atomic E-state index is 13.5. The van der Waals surface area contributed by atoms with Crippen molar-refractivity contribution in [2.24, 2.45) is 34.3 Å². The molecule has 2 saturated heterocycles. The smallest absolute Gasteiger partial charge is 0.230 e. The molecule has 2 amide bonds. The molecule has 2 N–H and O–H groups in total. The van der Waals surface area contributed by atoms with E-state index in [1.807, 2.05) is 4.90 Å². The third kappa shape index (κ3) is 2.98. The maximum absolute atomic E-state index is 13.5. The molecule has 4 bridgehead atoms. The summed E-state index contributed by atoms with van der Waals surface area (Å²) in [6, 6.07) is 0. The zero-order valence-electron chi connectivity index (χ0n) is 17.0. The number of ether oxygens (including phenoxy) is 1. The number of carbonyl (C=O) groups is 2. The summed E-state index contributed by atoms with van der Waals surface area (Å²) < 4.78 is 5.45. The Morgan fingerprint density at radius 1 is 0.821 bits per heavy atom. The predicted molar refractivity (Wildman–Crippen MR) is 105 cm³/mol. The summed E-state index contributed by atoms with van der Waals surface area (Å²) in [6.07, 6.45) is 8.87. The van der Waals surface area contributed by atoms with E-state index in [4.69, 9.17) is 10.5 Å². The number of nitrogens with zero attached hydrogens (tertiary/aromatic N) is 2. The van der Waals surface area contributed by atoms with E-state index >= 15 is 0 Å². The van der Waals surface area contributed by atoms with Crippen molar-refractivity contribution >= 4 is 11.8 Å². The van der Waals surface area contributed by atoms with Crippen molar-refractivity contribution in [3.63, 3.8) is 0 Å². The van der Waals surface area contributed by atoms with Gasteiger partial charge in [-0.05, 0) is 69.1 Å². The van der Waals surface area contributed by atoms with Crippen molar-refractivity contribution in [2.75, 3.05) is 45.9 Å². The highest BCUT2D eigenvalue weighted by Gasteiger charge is 2.56. The summed E-state index contributed by atoms with van der Waals surface area (Å²) >= 11 is 0. The van der Waals surface area contributed by atoms with Gasteiger partial charge in [0.05, 0.1) is 10.8 Å². The Hall–Kier alpha value is -1.14. The first kappa shape index (κ1) is 18.9. The van der Waals surface area contributed by atoms with E-state index in [-0.39, 0.29) is 11.3 Å². The van der Waals surface area contributed by atoms with E-state index in [0.717, 1.165) is 49.9 Å². The first-order valence-corrected chi connectivity index (χ1v) is 11.4. The lowest BCUT2D eigenvalue weighted by Gasteiger charge is -2.57. The third-order valence-electron chi connectivity index (χ3n) is 8.64. The number of nitrogens with two attached hydrogens (primary N) is 1. The van der Waals surface area contributed by atoms with Crippen molar-refractivity contribution in [3.05, 3.63) is 0 Å². The molecule has 0 aromatic heterocycles. The van der Waals surface area contributed by atoms with Crippen LogP contribution in [0, 0.1) is 28.6 Å². The second-order valence-electron chi connectivity index (χ2n) is 10.4. The van der Waals surface area contributed by atoms with Crippen LogP contribution >= 0.6 is 0 Å². The zero-order valence-corrected chi connectivity index (χ0v) is 17.0. The second-order valence-corrected chi connectivity index (χ2v) is 10.4. The van der Waals surface area contributed by atoms with Gasteiger partial charge in [-0.2, -0.15) is 0 Å². The highest BCUT2D eigenvalue weighted by molar-refractivity contribution is 5.85. The standard InChI is InChI=1S/C22H35N3O3/c23-15-21(1-7-28-8-2-21)19(26)24-3-5-25(6-4-24)20(27)22-12-16-9-17(13-22)11-18(10-16)14-22/h16-18H,1-15,23H2. The first-order valence-electron chi connectivity index (χ1n) is 11.4. The molecule has 6 heteroatoms. The highest BCUT2D eigenvalue weighted by Crippen LogP contribution is 2.60. The molecule has 2 aliphatic heterocycles. The molecule has 2 heterocycles. The van der Waals surface area contributed by atoms with Crippen molar-refractivity contribution in [3.8, 4) is 0 Å². The van der Waals surface area contributed by atoms with Crippen LogP contribution in [0.1, 0.15) is 51.4 Å². The van der Waals surface area contributed by atoms with Crippen molar-refractivity contribution < 1.29 is 14.3 Å². The summed E-state index contributed by atoms with van der Waals surface area (Å²) in [7, 11) is 0. The summed E-state index contributed by atoms with van der Waals surface area (Å²) in [4.78, 5) is 30.8. The van der Waals surface area contributed by atoms with E-state index in [2.05, 4.69) is 4.90 Å². The van der Waals surface area contributed by atoms with Gasteiger partial charge in [0, 0.05) is 45.9 Å². The SMILES string of the molecule is NCC1(C(=O)N2CCN(C(=O)C34CC5CC(CC(C5)C3)C4)CC2)CCOCC1. The topological polar surface area (TPSA) is 75.9 Å². The molecule has 6 fully saturated rings. The first-order chi connectivity index (χ1) is 13.5.